The summed E-state index contributed by atoms with van der Waals surface area (Å²) < 4.78 is 2.10. The number of hydrogen-bond acceptors (Lipinski definition) is 2. The largest absolute Gasteiger partial charge is 0.481 e. The molecule has 1 aromatic rings. The van der Waals surface area contributed by atoms with Crippen molar-refractivity contribution in [3.63, 3.8) is 0 Å². The summed E-state index contributed by atoms with van der Waals surface area (Å²) in [4.78, 5) is 14.4. The third-order valence-electron chi connectivity index (χ3n) is 2.28. The molecule has 0 unspecified atom stereocenters. The molecule has 0 aromatic carbocycles. The fourth-order valence-electron chi connectivity index (χ4n) is 1.44. The van der Waals surface area contributed by atoms with Crippen molar-refractivity contribution in [1.29, 1.82) is 0 Å². The molecule has 70 valence electrons. The Hall–Kier alpha value is -1.32. The molecule has 1 heterocycles. The molecule has 1 saturated carbocycles. The van der Waals surface area contributed by atoms with Gasteiger partial charge in [0.2, 0.25) is 0 Å². The minimum atomic E-state index is -0.747. The molecule has 4 heteroatoms. The SMILES string of the molecule is O=C(O)CCc1cncn1C1CC1. The zero-order valence-corrected chi connectivity index (χ0v) is 7.31. The van der Waals surface area contributed by atoms with Gasteiger partial charge in [-0.15, -0.1) is 0 Å². The van der Waals surface area contributed by atoms with E-state index in [0.29, 0.717) is 12.5 Å². The van der Waals surface area contributed by atoms with Gasteiger partial charge in [0.1, 0.15) is 0 Å². The van der Waals surface area contributed by atoms with Gasteiger partial charge in [-0.05, 0) is 19.3 Å². The zero-order chi connectivity index (χ0) is 9.26. The number of imidazole rings is 1. The number of carbonyl (C=O) groups is 1. The van der Waals surface area contributed by atoms with Crippen molar-refractivity contribution < 1.29 is 9.90 Å². The minimum Gasteiger partial charge on any atom is -0.481 e. The van der Waals surface area contributed by atoms with Crippen LogP contribution in [0.5, 0.6) is 0 Å². The maximum atomic E-state index is 10.4. The van der Waals surface area contributed by atoms with Crippen LogP contribution < -0.4 is 0 Å². The van der Waals surface area contributed by atoms with Crippen LogP contribution in [0.4, 0.5) is 0 Å². The standard InChI is InChI=1S/C9H12N2O2/c12-9(13)4-3-8-5-10-6-11(8)7-1-2-7/h5-7H,1-4H2,(H,12,13). The maximum Gasteiger partial charge on any atom is 0.303 e. The Labute approximate surface area is 76.2 Å². The Morgan fingerprint density at radius 3 is 3.08 bits per heavy atom. The van der Waals surface area contributed by atoms with Gasteiger partial charge in [-0.1, -0.05) is 0 Å². The van der Waals surface area contributed by atoms with Crippen molar-refractivity contribution in [3.05, 3.63) is 18.2 Å². The first-order valence-electron chi connectivity index (χ1n) is 4.50. The van der Waals surface area contributed by atoms with E-state index < -0.39 is 5.97 Å². The van der Waals surface area contributed by atoms with Crippen molar-refractivity contribution >= 4 is 5.97 Å². The van der Waals surface area contributed by atoms with E-state index in [1.165, 1.54) is 12.8 Å². The lowest BCUT2D eigenvalue weighted by atomic mass is 10.2. The highest BCUT2D eigenvalue weighted by atomic mass is 16.4. The lowest BCUT2D eigenvalue weighted by Gasteiger charge is -2.03. The van der Waals surface area contributed by atoms with Gasteiger partial charge in [0.05, 0.1) is 12.7 Å². The van der Waals surface area contributed by atoms with Gasteiger partial charge < -0.3 is 9.67 Å². The van der Waals surface area contributed by atoms with Crippen LogP contribution in [-0.4, -0.2) is 20.6 Å². The molecule has 2 rings (SSSR count). The van der Waals surface area contributed by atoms with E-state index in [2.05, 4.69) is 9.55 Å². The summed E-state index contributed by atoms with van der Waals surface area (Å²) in [5, 5.41) is 8.53. The normalized spacial score (nSPS) is 16.0. The number of hydrogen-bond donors (Lipinski definition) is 1. The van der Waals surface area contributed by atoms with E-state index >= 15 is 0 Å². The highest BCUT2D eigenvalue weighted by Gasteiger charge is 2.25. The molecule has 1 aliphatic rings. The second-order valence-electron chi connectivity index (χ2n) is 3.42. The number of nitrogens with zero attached hydrogens (tertiary/aromatic N) is 2. The highest BCUT2D eigenvalue weighted by Crippen LogP contribution is 2.35. The van der Waals surface area contributed by atoms with Crippen LogP contribution in [0.2, 0.25) is 0 Å². The van der Waals surface area contributed by atoms with Crippen LogP contribution in [0.3, 0.4) is 0 Å². The third-order valence-corrected chi connectivity index (χ3v) is 2.28. The Kier molecular flexibility index (Phi) is 2.04. The quantitative estimate of drug-likeness (QED) is 0.758. The molecule has 0 saturated heterocycles. The zero-order valence-electron chi connectivity index (χ0n) is 7.31. The van der Waals surface area contributed by atoms with E-state index in [1.807, 2.05) is 0 Å². The fraction of sp³-hybridized carbons (Fsp3) is 0.556. The Bertz CT molecular complexity index is 315. The maximum absolute atomic E-state index is 10.4. The molecule has 4 nitrogen and oxygen atoms in total. The molecular weight excluding hydrogens is 168 g/mol. The van der Waals surface area contributed by atoms with Crippen molar-refractivity contribution in [2.24, 2.45) is 0 Å². The van der Waals surface area contributed by atoms with Crippen LogP contribution in [0, 0.1) is 0 Å². The highest BCUT2D eigenvalue weighted by molar-refractivity contribution is 5.66. The van der Waals surface area contributed by atoms with Gasteiger partial charge in [-0.25, -0.2) is 4.98 Å². The van der Waals surface area contributed by atoms with Crippen LogP contribution >= 0.6 is 0 Å². The second kappa shape index (κ2) is 3.20. The van der Waals surface area contributed by atoms with Gasteiger partial charge >= 0.3 is 5.97 Å². The van der Waals surface area contributed by atoms with Crippen molar-refractivity contribution in [3.8, 4) is 0 Å². The molecule has 1 aliphatic carbocycles. The van der Waals surface area contributed by atoms with Crippen LogP contribution in [-0.2, 0) is 11.2 Å². The van der Waals surface area contributed by atoms with Crippen LogP contribution in [0.1, 0.15) is 31.0 Å². The first-order chi connectivity index (χ1) is 6.27. The van der Waals surface area contributed by atoms with Gasteiger partial charge in [-0.2, -0.15) is 0 Å². The van der Waals surface area contributed by atoms with Crippen LogP contribution in [0.25, 0.3) is 0 Å². The summed E-state index contributed by atoms with van der Waals surface area (Å²) in [6, 6.07) is 0.589. The number of rotatable bonds is 4. The van der Waals surface area contributed by atoms with Gasteiger partial charge in [0, 0.05) is 17.9 Å². The molecule has 1 aromatic heterocycles. The van der Waals surface area contributed by atoms with Crippen molar-refractivity contribution in [1.82, 2.24) is 9.55 Å². The summed E-state index contributed by atoms with van der Waals surface area (Å²) in [6.45, 7) is 0. The van der Waals surface area contributed by atoms with Gasteiger partial charge in [-0.3, -0.25) is 4.79 Å². The van der Waals surface area contributed by atoms with Crippen molar-refractivity contribution in [2.45, 2.75) is 31.7 Å². The average molecular weight is 180 g/mol. The van der Waals surface area contributed by atoms with E-state index in [9.17, 15) is 4.79 Å². The molecule has 13 heavy (non-hydrogen) atoms. The Morgan fingerprint density at radius 2 is 2.46 bits per heavy atom. The molecule has 0 aliphatic heterocycles. The Balaban J connectivity index is 2.02. The molecule has 1 N–H and O–H groups in total. The average Bonchev–Trinajstić information content (AvgIpc) is 2.82. The van der Waals surface area contributed by atoms with Crippen molar-refractivity contribution in [2.75, 3.05) is 0 Å². The molecule has 0 amide bonds. The number of aromatic nitrogens is 2. The predicted octanol–water partition coefficient (Wildman–Crippen LogP) is 1.24. The van der Waals surface area contributed by atoms with Crippen LogP contribution in [0.15, 0.2) is 12.5 Å². The topological polar surface area (TPSA) is 55.1 Å². The third kappa shape index (κ3) is 1.88. The van der Waals surface area contributed by atoms with E-state index in [-0.39, 0.29) is 6.42 Å². The number of carboxylic acid groups (broad SMARTS) is 1. The number of aryl methyl sites for hydroxylation is 1. The molecule has 0 spiro atoms. The molecule has 0 atom stereocenters. The molecule has 0 radical (unpaired) electrons. The molecule has 0 bridgehead atoms. The van der Waals surface area contributed by atoms with Gasteiger partial charge in [0.25, 0.3) is 0 Å². The monoisotopic (exact) mass is 180 g/mol. The lowest BCUT2D eigenvalue weighted by molar-refractivity contribution is -0.136. The van der Waals surface area contributed by atoms with E-state index in [1.54, 1.807) is 12.5 Å². The summed E-state index contributed by atoms with van der Waals surface area (Å²) >= 11 is 0. The fourth-order valence-corrected chi connectivity index (χ4v) is 1.44. The first-order valence-corrected chi connectivity index (χ1v) is 4.50. The minimum absolute atomic E-state index is 0.193. The Morgan fingerprint density at radius 1 is 1.69 bits per heavy atom. The van der Waals surface area contributed by atoms with E-state index in [0.717, 1.165) is 5.69 Å². The summed E-state index contributed by atoms with van der Waals surface area (Å²) in [6.07, 6.45) is 6.76. The van der Waals surface area contributed by atoms with E-state index in [4.69, 9.17) is 5.11 Å². The second-order valence-corrected chi connectivity index (χ2v) is 3.42. The summed E-state index contributed by atoms with van der Waals surface area (Å²) in [7, 11) is 0. The lowest BCUT2D eigenvalue weighted by Crippen LogP contribution is -2.03. The first kappa shape index (κ1) is 8.29. The molecule has 1 fully saturated rings. The number of carboxylic acids is 1. The summed E-state index contributed by atoms with van der Waals surface area (Å²) in [5.41, 5.74) is 1.05. The number of aliphatic carboxylic acids is 1. The molecular formula is C9H12N2O2. The predicted molar refractivity (Wildman–Crippen MR) is 46.5 cm³/mol. The smallest absolute Gasteiger partial charge is 0.303 e. The summed E-state index contributed by atoms with van der Waals surface area (Å²) in [5.74, 6) is -0.747. The van der Waals surface area contributed by atoms with Gasteiger partial charge in [0.15, 0.2) is 0 Å².